The van der Waals surface area contributed by atoms with Crippen molar-refractivity contribution in [3.63, 3.8) is 0 Å². The van der Waals surface area contributed by atoms with Crippen molar-refractivity contribution in [2.24, 2.45) is 0 Å². The Bertz CT molecular complexity index is 1020. The molecular formula is C21H22F2N6. The van der Waals surface area contributed by atoms with Crippen LogP contribution in [0.25, 0.3) is 0 Å². The lowest BCUT2D eigenvalue weighted by molar-refractivity contribution is 0.586. The molecule has 3 aromatic rings. The minimum atomic E-state index is -0.707. The fraction of sp³-hybridized carbons (Fsp3) is 0.286. The Morgan fingerprint density at radius 2 is 1.72 bits per heavy atom. The molecule has 0 bridgehead atoms. The number of aryl methyl sites for hydroxylation is 1. The third-order valence-electron chi connectivity index (χ3n) is 5.24. The third kappa shape index (κ3) is 4.11. The lowest BCUT2D eigenvalue weighted by Crippen LogP contribution is -2.47. The van der Waals surface area contributed by atoms with Crippen LogP contribution in [0.3, 0.4) is 0 Å². The molecule has 0 amide bonds. The molecule has 2 heterocycles. The van der Waals surface area contributed by atoms with Crippen molar-refractivity contribution in [2.75, 3.05) is 41.3 Å². The van der Waals surface area contributed by atoms with Gasteiger partial charge in [0.25, 0.3) is 0 Å². The van der Waals surface area contributed by atoms with Crippen molar-refractivity contribution in [1.29, 1.82) is 0 Å². The van der Waals surface area contributed by atoms with E-state index in [1.807, 2.05) is 0 Å². The van der Waals surface area contributed by atoms with E-state index in [1.165, 1.54) is 28.9 Å². The zero-order valence-electron chi connectivity index (χ0n) is 16.4. The van der Waals surface area contributed by atoms with Crippen LogP contribution in [0.4, 0.5) is 31.9 Å². The molecule has 0 unspecified atom stereocenters. The van der Waals surface area contributed by atoms with Gasteiger partial charge in [-0.3, -0.25) is 0 Å². The number of benzene rings is 2. The molecule has 29 heavy (non-hydrogen) atoms. The Morgan fingerprint density at radius 1 is 0.966 bits per heavy atom. The van der Waals surface area contributed by atoms with Gasteiger partial charge in [-0.2, -0.15) is 10.1 Å². The van der Waals surface area contributed by atoms with Gasteiger partial charge in [-0.1, -0.05) is 12.1 Å². The topological polar surface area (TPSA) is 57.2 Å². The first-order valence-corrected chi connectivity index (χ1v) is 9.49. The first-order valence-electron chi connectivity index (χ1n) is 9.49. The second-order valence-electron chi connectivity index (χ2n) is 7.08. The zero-order chi connectivity index (χ0) is 20.4. The fourth-order valence-electron chi connectivity index (χ4n) is 3.47. The molecule has 0 spiro atoms. The average molecular weight is 396 g/mol. The number of nitrogens with zero attached hydrogens (tertiary/aromatic N) is 5. The summed E-state index contributed by atoms with van der Waals surface area (Å²) < 4.78 is 26.9. The molecule has 8 heteroatoms. The van der Waals surface area contributed by atoms with Crippen LogP contribution in [0.15, 0.2) is 42.6 Å². The van der Waals surface area contributed by atoms with Crippen molar-refractivity contribution in [1.82, 2.24) is 15.2 Å². The van der Waals surface area contributed by atoms with E-state index in [-0.39, 0.29) is 11.6 Å². The molecule has 1 saturated heterocycles. The Balaban J connectivity index is 1.45. The summed E-state index contributed by atoms with van der Waals surface area (Å²) in [6, 6.07) is 9.67. The molecule has 0 radical (unpaired) electrons. The number of nitrogens with one attached hydrogen (secondary N) is 1. The molecule has 1 fully saturated rings. The number of hydrogen-bond donors (Lipinski definition) is 1. The molecule has 0 saturated carbocycles. The zero-order valence-corrected chi connectivity index (χ0v) is 16.4. The predicted octanol–water partition coefficient (Wildman–Crippen LogP) is 3.84. The highest BCUT2D eigenvalue weighted by Gasteiger charge is 2.20. The van der Waals surface area contributed by atoms with E-state index >= 15 is 0 Å². The molecule has 1 aliphatic rings. The van der Waals surface area contributed by atoms with Gasteiger partial charge in [-0.05, 0) is 43.2 Å². The van der Waals surface area contributed by atoms with Gasteiger partial charge in [-0.25, -0.2) is 8.78 Å². The van der Waals surface area contributed by atoms with Crippen LogP contribution in [0, 0.1) is 25.5 Å². The van der Waals surface area contributed by atoms with Gasteiger partial charge in [0.2, 0.25) is 5.95 Å². The molecule has 150 valence electrons. The summed E-state index contributed by atoms with van der Waals surface area (Å²) in [4.78, 5) is 8.95. The second kappa shape index (κ2) is 7.98. The quantitative estimate of drug-likeness (QED) is 0.723. The van der Waals surface area contributed by atoms with Crippen molar-refractivity contribution in [3.05, 3.63) is 65.4 Å². The van der Waals surface area contributed by atoms with Crippen LogP contribution in [0.5, 0.6) is 0 Å². The van der Waals surface area contributed by atoms with Crippen LogP contribution in [-0.4, -0.2) is 41.4 Å². The SMILES string of the molecule is Cc1cccc(N2CCN(c3cnnc(Nc4ccc(F)cc4F)n3)CC2)c1C. The molecular weight excluding hydrogens is 374 g/mol. The maximum absolute atomic E-state index is 13.9. The van der Waals surface area contributed by atoms with Crippen molar-refractivity contribution < 1.29 is 8.78 Å². The summed E-state index contributed by atoms with van der Waals surface area (Å²) in [6.45, 7) is 7.58. The van der Waals surface area contributed by atoms with Gasteiger partial charge < -0.3 is 15.1 Å². The van der Waals surface area contributed by atoms with Crippen LogP contribution in [0.1, 0.15) is 11.1 Å². The second-order valence-corrected chi connectivity index (χ2v) is 7.08. The van der Waals surface area contributed by atoms with Crippen molar-refractivity contribution >= 4 is 23.1 Å². The first kappa shape index (κ1) is 19.0. The van der Waals surface area contributed by atoms with E-state index in [9.17, 15) is 8.78 Å². The lowest BCUT2D eigenvalue weighted by Gasteiger charge is -2.37. The Kier molecular flexibility index (Phi) is 5.24. The van der Waals surface area contributed by atoms with E-state index in [4.69, 9.17) is 0 Å². The number of rotatable bonds is 4. The van der Waals surface area contributed by atoms with Crippen LogP contribution < -0.4 is 15.1 Å². The fourth-order valence-corrected chi connectivity index (χ4v) is 3.47. The Hall–Kier alpha value is -3.29. The van der Waals surface area contributed by atoms with Crippen LogP contribution in [0.2, 0.25) is 0 Å². The highest BCUT2D eigenvalue weighted by atomic mass is 19.1. The Labute approximate surface area is 168 Å². The summed E-state index contributed by atoms with van der Waals surface area (Å²) in [5.41, 5.74) is 3.95. The standard InChI is InChI=1S/C21H22F2N6/c1-14-4-3-5-19(15(14)2)28-8-10-29(11-9-28)20-13-24-27-21(26-20)25-18-7-6-16(22)12-17(18)23/h3-7,12-13H,8-11H2,1-2H3,(H,25,26,27). The highest BCUT2D eigenvalue weighted by molar-refractivity contribution is 5.58. The highest BCUT2D eigenvalue weighted by Crippen LogP contribution is 2.25. The monoisotopic (exact) mass is 396 g/mol. The number of aromatic nitrogens is 3. The van der Waals surface area contributed by atoms with Gasteiger partial charge in [0.05, 0.1) is 11.9 Å². The third-order valence-corrected chi connectivity index (χ3v) is 5.24. The summed E-state index contributed by atoms with van der Waals surface area (Å²) >= 11 is 0. The van der Waals surface area contributed by atoms with E-state index in [0.29, 0.717) is 5.82 Å². The summed E-state index contributed by atoms with van der Waals surface area (Å²) in [5, 5.41) is 10.7. The average Bonchev–Trinajstić information content (AvgIpc) is 2.73. The first-order chi connectivity index (χ1) is 14.0. The predicted molar refractivity (Wildman–Crippen MR) is 110 cm³/mol. The van der Waals surface area contributed by atoms with Gasteiger partial charge >= 0.3 is 0 Å². The molecule has 1 aromatic heterocycles. The van der Waals surface area contributed by atoms with Crippen LogP contribution >= 0.6 is 0 Å². The normalized spacial score (nSPS) is 14.2. The number of anilines is 4. The maximum Gasteiger partial charge on any atom is 0.249 e. The minimum absolute atomic E-state index is 0.102. The molecule has 0 aliphatic carbocycles. The lowest BCUT2D eigenvalue weighted by atomic mass is 10.1. The number of hydrogen-bond acceptors (Lipinski definition) is 6. The summed E-state index contributed by atoms with van der Waals surface area (Å²) in [6.07, 6.45) is 1.60. The van der Waals surface area contributed by atoms with Crippen molar-refractivity contribution in [2.45, 2.75) is 13.8 Å². The minimum Gasteiger partial charge on any atom is -0.368 e. The maximum atomic E-state index is 13.9. The molecule has 1 N–H and O–H groups in total. The summed E-state index contributed by atoms with van der Waals surface area (Å²) in [5.74, 6) is -0.501. The van der Waals surface area contributed by atoms with Crippen molar-refractivity contribution in [3.8, 4) is 0 Å². The largest absolute Gasteiger partial charge is 0.368 e. The molecule has 6 nitrogen and oxygen atoms in total. The number of halogens is 2. The molecule has 4 rings (SSSR count). The van der Waals surface area contributed by atoms with Gasteiger partial charge in [-0.15, -0.1) is 5.10 Å². The summed E-state index contributed by atoms with van der Waals surface area (Å²) in [7, 11) is 0. The van der Waals surface area contributed by atoms with Gasteiger partial charge in [0, 0.05) is 37.9 Å². The van der Waals surface area contributed by atoms with E-state index < -0.39 is 11.6 Å². The van der Waals surface area contributed by atoms with Gasteiger partial charge in [0.15, 0.2) is 5.82 Å². The smallest absolute Gasteiger partial charge is 0.249 e. The van der Waals surface area contributed by atoms with E-state index in [1.54, 1.807) is 6.20 Å². The van der Waals surface area contributed by atoms with Crippen LogP contribution in [-0.2, 0) is 0 Å². The van der Waals surface area contributed by atoms with E-state index in [0.717, 1.165) is 32.2 Å². The van der Waals surface area contributed by atoms with Gasteiger partial charge in [0.1, 0.15) is 11.6 Å². The number of piperazine rings is 1. The Morgan fingerprint density at radius 3 is 2.48 bits per heavy atom. The molecule has 0 atom stereocenters. The molecule has 2 aromatic carbocycles. The van der Waals surface area contributed by atoms with E-state index in [2.05, 4.69) is 62.3 Å². The molecule has 1 aliphatic heterocycles.